The van der Waals surface area contributed by atoms with E-state index in [-0.39, 0.29) is 6.42 Å². The Morgan fingerprint density at radius 1 is 1.13 bits per heavy atom. The van der Waals surface area contributed by atoms with Crippen LogP contribution in [0.15, 0.2) is 42.5 Å². The van der Waals surface area contributed by atoms with E-state index in [4.69, 9.17) is 11.5 Å². The van der Waals surface area contributed by atoms with Crippen LogP contribution in [0, 0.1) is 0 Å². The van der Waals surface area contributed by atoms with Crippen LogP contribution in [0.4, 0.5) is 22.7 Å². The monoisotopic (exact) mass is 316 g/mol. The number of hydrogen-bond donors (Lipinski definition) is 5. The first-order chi connectivity index (χ1) is 10.8. The highest BCUT2D eigenvalue weighted by Crippen LogP contribution is 2.24. The summed E-state index contributed by atoms with van der Waals surface area (Å²) in [5, 5.41) is 22.1. The van der Waals surface area contributed by atoms with Crippen molar-refractivity contribution in [3.63, 3.8) is 0 Å². The molecule has 6 heteroatoms. The highest BCUT2D eigenvalue weighted by atomic mass is 16.5. The number of anilines is 4. The van der Waals surface area contributed by atoms with Crippen molar-refractivity contribution in [1.29, 1.82) is 0 Å². The van der Waals surface area contributed by atoms with Gasteiger partial charge in [0.2, 0.25) is 5.91 Å². The van der Waals surface area contributed by atoms with Crippen molar-refractivity contribution in [2.45, 2.75) is 25.8 Å². The highest BCUT2D eigenvalue weighted by molar-refractivity contribution is 5.61. The van der Waals surface area contributed by atoms with Gasteiger partial charge in [0.15, 0.2) is 0 Å². The topological polar surface area (TPSA) is 108 Å². The Labute approximate surface area is 136 Å². The minimum absolute atomic E-state index is 0.174. The third-order valence-corrected chi connectivity index (χ3v) is 3.70. The molecule has 0 fully saturated rings. The zero-order valence-corrected chi connectivity index (χ0v) is 13.5. The predicted molar refractivity (Wildman–Crippen MR) is 94.9 cm³/mol. The quantitative estimate of drug-likeness (QED) is 0.412. The Balaban J connectivity index is 2.16. The molecular formula is C17H24N4O2. The van der Waals surface area contributed by atoms with Crippen LogP contribution in [0.25, 0.3) is 0 Å². The van der Waals surface area contributed by atoms with Gasteiger partial charge in [0.25, 0.3) is 0 Å². The van der Waals surface area contributed by atoms with Crippen molar-refractivity contribution in [3.05, 3.63) is 48.0 Å². The molecule has 0 saturated carbocycles. The van der Waals surface area contributed by atoms with Gasteiger partial charge in [0.1, 0.15) is 0 Å². The number of nitrogen functional groups attached to an aromatic ring is 2. The molecule has 0 radical (unpaired) electrons. The summed E-state index contributed by atoms with van der Waals surface area (Å²) in [6.07, 6.45) is 0.174. The van der Waals surface area contributed by atoms with Crippen molar-refractivity contribution in [3.8, 4) is 0 Å². The highest BCUT2D eigenvalue weighted by Gasteiger charge is 2.19. The van der Waals surface area contributed by atoms with Crippen LogP contribution >= 0.6 is 0 Å². The zero-order valence-electron chi connectivity index (χ0n) is 13.5. The maximum absolute atomic E-state index is 9.71. The summed E-state index contributed by atoms with van der Waals surface area (Å²) in [5.74, 6) is -1.92. The fourth-order valence-electron chi connectivity index (χ4n) is 2.25. The molecule has 2 rings (SSSR count). The lowest BCUT2D eigenvalue weighted by atomic mass is 10.1. The molecule has 0 heterocycles. The third-order valence-electron chi connectivity index (χ3n) is 3.70. The molecule has 0 aliphatic rings. The first-order valence-corrected chi connectivity index (χ1v) is 7.49. The van der Waals surface area contributed by atoms with E-state index in [1.165, 1.54) is 0 Å². The van der Waals surface area contributed by atoms with Crippen molar-refractivity contribution in [2.75, 3.05) is 28.7 Å². The maximum Gasteiger partial charge on any atom is 0.243 e. The molecule has 0 aliphatic heterocycles. The van der Waals surface area contributed by atoms with Gasteiger partial charge >= 0.3 is 0 Å². The molecular weight excluding hydrogens is 292 g/mol. The second-order valence-electron chi connectivity index (χ2n) is 5.66. The fraction of sp³-hybridized carbons (Fsp3) is 0.294. The van der Waals surface area contributed by atoms with E-state index >= 15 is 0 Å². The normalized spacial score (nSPS) is 11.3. The number of nitrogens with zero attached hydrogens (tertiary/aromatic N) is 1. The molecule has 0 aromatic heterocycles. The number of rotatable bonds is 6. The van der Waals surface area contributed by atoms with Crippen LogP contribution in [0.5, 0.6) is 0 Å². The largest absolute Gasteiger partial charge is 0.399 e. The maximum atomic E-state index is 9.71. The second kappa shape index (κ2) is 6.76. The van der Waals surface area contributed by atoms with Gasteiger partial charge in [-0.25, -0.2) is 0 Å². The lowest BCUT2D eigenvalue weighted by molar-refractivity contribution is -0.137. The van der Waals surface area contributed by atoms with Crippen molar-refractivity contribution in [2.24, 2.45) is 0 Å². The first-order valence-electron chi connectivity index (χ1n) is 7.49. The number of nitrogens with two attached hydrogens (primary N) is 2. The van der Waals surface area contributed by atoms with Crippen molar-refractivity contribution < 1.29 is 10.2 Å². The minimum atomic E-state index is -1.92. The van der Waals surface area contributed by atoms with Crippen LogP contribution in [-0.4, -0.2) is 23.2 Å². The van der Waals surface area contributed by atoms with E-state index in [0.717, 1.165) is 11.3 Å². The summed E-state index contributed by atoms with van der Waals surface area (Å²) in [6.45, 7) is 2.28. The average molecular weight is 316 g/mol. The van der Waals surface area contributed by atoms with Crippen LogP contribution < -0.4 is 21.7 Å². The number of nitrogens with one attached hydrogen (secondary N) is 1. The molecule has 7 N–H and O–H groups in total. The summed E-state index contributed by atoms with van der Waals surface area (Å²) >= 11 is 0. The number of aliphatic hydroxyl groups is 2. The molecule has 6 nitrogen and oxygen atoms in total. The summed E-state index contributed by atoms with van der Waals surface area (Å²) in [6, 6.07) is 12.8. The van der Waals surface area contributed by atoms with Gasteiger partial charge in [-0.1, -0.05) is 13.0 Å². The SMILES string of the molecule is CCC(O)(O)Nc1cccc(N(C)Cc2cc(N)ccc2N)c1. The lowest BCUT2D eigenvalue weighted by Crippen LogP contribution is -2.36. The smallest absolute Gasteiger partial charge is 0.243 e. The molecule has 23 heavy (non-hydrogen) atoms. The second-order valence-corrected chi connectivity index (χ2v) is 5.66. The van der Waals surface area contributed by atoms with E-state index < -0.39 is 5.91 Å². The van der Waals surface area contributed by atoms with Crippen LogP contribution in [0.3, 0.4) is 0 Å². The molecule has 2 aromatic rings. The molecule has 2 aromatic carbocycles. The molecule has 0 amide bonds. The van der Waals surface area contributed by atoms with E-state index in [0.29, 0.717) is 23.6 Å². The molecule has 0 saturated heterocycles. The molecule has 124 valence electrons. The molecule has 0 spiro atoms. The summed E-state index contributed by atoms with van der Waals surface area (Å²) in [5.41, 5.74) is 15.7. The Morgan fingerprint density at radius 3 is 2.57 bits per heavy atom. The van der Waals surface area contributed by atoms with Crippen molar-refractivity contribution >= 4 is 22.7 Å². The molecule has 0 atom stereocenters. The van der Waals surface area contributed by atoms with Gasteiger partial charge in [-0.2, -0.15) is 0 Å². The summed E-state index contributed by atoms with van der Waals surface area (Å²) < 4.78 is 0. The van der Waals surface area contributed by atoms with E-state index in [2.05, 4.69) is 5.32 Å². The van der Waals surface area contributed by atoms with Gasteiger partial charge < -0.3 is 31.9 Å². The van der Waals surface area contributed by atoms with Crippen LogP contribution in [0.1, 0.15) is 18.9 Å². The molecule has 0 bridgehead atoms. The van der Waals surface area contributed by atoms with Crippen LogP contribution in [-0.2, 0) is 6.54 Å². The fourth-order valence-corrected chi connectivity index (χ4v) is 2.25. The number of benzene rings is 2. The van der Waals surface area contributed by atoms with Gasteiger partial charge in [-0.05, 0) is 42.0 Å². The van der Waals surface area contributed by atoms with E-state index in [9.17, 15) is 10.2 Å². The Kier molecular flexibility index (Phi) is 4.98. The summed E-state index contributed by atoms with van der Waals surface area (Å²) in [4.78, 5) is 2.01. The standard InChI is InChI=1S/C17H24N4O2/c1-3-17(22,23)20-14-5-4-6-15(10-14)21(2)11-12-9-13(18)7-8-16(12)19/h4-10,20,22-23H,3,11,18-19H2,1-2H3. The van der Waals surface area contributed by atoms with Gasteiger partial charge in [-0.3, -0.25) is 0 Å². The Morgan fingerprint density at radius 2 is 1.87 bits per heavy atom. The van der Waals surface area contributed by atoms with Gasteiger partial charge in [0, 0.05) is 42.8 Å². The average Bonchev–Trinajstić information content (AvgIpc) is 2.51. The summed E-state index contributed by atoms with van der Waals surface area (Å²) in [7, 11) is 1.94. The van der Waals surface area contributed by atoms with Crippen LogP contribution in [0.2, 0.25) is 0 Å². The minimum Gasteiger partial charge on any atom is -0.399 e. The van der Waals surface area contributed by atoms with Gasteiger partial charge in [-0.15, -0.1) is 0 Å². The third kappa shape index (κ3) is 4.51. The molecule has 0 aliphatic carbocycles. The van der Waals surface area contributed by atoms with Gasteiger partial charge in [0.05, 0.1) is 0 Å². The Bertz CT molecular complexity index is 673. The first kappa shape index (κ1) is 16.9. The predicted octanol–water partition coefficient (Wildman–Crippen LogP) is 1.95. The van der Waals surface area contributed by atoms with Crippen molar-refractivity contribution in [1.82, 2.24) is 0 Å². The number of hydrogen-bond acceptors (Lipinski definition) is 6. The lowest BCUT2D eigenvalue weighted by Gasteiger charge is -2.25. The van der Waals surface area contributed by atoms with E-state index in [1.807, 2.05) is 36.2 Å². The van der Waals surface area contributed by atoms with E-state index in [1.54, 1.807) is 25.1 Å². The molecule has 0 unspecified atom stereocenters. The Hall–Kier alpha value is -2.44. The zero-order chi connectivity index (χ0) is 17.0.